The molecule has 2 fully saturated rings. The standard InChI is InChI=1S/C14H27N3O.2ClH/c1-12(11-17-7-3-2-4-8-17)16-14(18)10-15-9-13-5-6-13;;/h12-13,15H,2-11H2,1H3,(H,16,18);2*1H. The molecule has 1 atom stereocenters. The highest BCUT2D eigenvalue weighted by Crippen LogP contribution is 2.27. The molecule has 120 valence electrons. The van der Waals surface area contributed by atoms with Gasteiger partial charge in [-0.25, -0.2) is 0 Å². The Morgan fingerprint density at radius 2 is 1.85 bits per heavy atom. The Labute approximate surface area is 135 Å². The molecule has 0 aromatic heterocycles. The summed E-state index contributed by atoms with van der Waals surface area (Å²) in [6.45, 7) is 6.97. The van der Waals surface area contributed by atoms with Crippen molar-refractivity contribution in [3.63, 3.8) is 0 Å². The van der Waals surface area contributed by atoms with E-state index >= 15 is 0 Å². The van der Waals surface area contributed by atoms with Crippen molar-refractivity contribution in [1.29, 1.82) is 0 Å². The lowest BCUT2D eigenvalue weighted by atomic mass is 10.1. The number of halogens is 2. The highest BCUT2D eigenvalue weighted by molar-refractivity contribution is 5.85. The second kappa shape index (κ2) is 10.7. The van der Waals surface area contributed by atoms with Crippen molar-refractivity contribution in [2.24, 2.45) is 5.92 Å². The van der Waals surface area contributed by atoms with Gasteiger partial charge in [0.05, 0.1) is 6.54 Å². The van der Waals surface area contributed by atoms with Gasteiger partial charge >= 0.3 is 0 Å². The van der Waals surface area contributed by atoms with Crippen molar-refractivity contribution >= 4 is 30.7 Å². The normalized spacial score (nSPS) is 20.4. The van der Waals surface area contributed by atoms with E-state index < -0.39 is 0 Å². The van der Waals surface area contributed by atoms with Crippen LogP contribution >= 0.6 is 24.8 Å². The molecular formula is C14H29Cl2N3O. The van der Waals surface area contributed by atoms with Gasteiger partial charge in [-0.15, -0.1) is 24.8 Å². The molecule has 20 heavy (non-hydrogen) atoms. The van der Waals surface area contributed by atoms with Crippen molar-refractivity contribution in [2.75, 3.05) is 32.7 Å². The van der Waals surface area contributed by atoms with Crippen LogP contribution in [0, 0.1) is 5.92 Å². The molecule has 0 aromatic carbocycles. The summed E-state index contributed by atoms with van der Waals surface area (Å²) in [6.07, 6.45) is 6.65. The van der Waals surface area contributed by atoms with Crippen LogP contribution < -0.4 is 10.6 Å². The maximum absolute atomic E-state index is 11.7. The fourth-order valence-electron chi connectivity index (χ4n) is 2.61. The minimum atomic E-state index is 0. The van der Waals surface area contributed by atoms with Crippen molar-refractivity contribution in [3.05, 3.63) is 0 Å². The van der Waals surface area contributed by atoms with E-state index in [1.54, 1.807) is 0 Å². The first-order valence-corrected chi connectivity index (χ1v) is 7.46. The molecule has 4 nitrogen and oxygen atoms in total. The number of amides is 1. The van der Waals surface area contributed by atoms with Crippen LogP contribution in [0.25, 0.3) is 0 Å². The molecule has 6 heteroatoms. The second-order valence-corrected chi connectivity index (χ2v) is 5.90. The Kier molecular flexibility index (Phi) is 10.6. The number of likely N-dealkylation sites (tertiary alicyclic amines) is 1. The molecule has 2 aliphatic rings. The maximum atomic E-state index is 11.7. The average Bonchev–Trinajstić information content (AvgIpc) is 3.14. The van der Waals surface area contributed by atoms with Crippen LogP contribution in [-0.2, 0) is 4.79 Å². The molecule has 2 N–H and O–H groups in total. The van der Waals surface area contributed by atoms with E-state index in [1.807, 2.05) is 0 Å². The van der Waals surface area contributed by atoms with Gasteiger partial charge < -0.3 is 15.5 Å². The van der Waals surface area contributed by atoms with E-state index in [0.29, 0.717) is 6.54 Å². The fourth-order valence-corrected chi connectivity index (χ4v) is 2.61. The molecular weight excluding hydrogens is 297 g/mol. The first-order chi connectivity index (χ1) is 8.74. The van der Waals surface area contributed by atoms with Gasteiger partial charge in [0, 0.05) is 12.6 Å². The molecule has 0 spiro atoms. The van der Waals surface area contributed by atoms with E-state index in [1.165, 1.54) is 45.2 Å². The van der Waals surface area contributed by atoms with Crippen LogP contribution in [0.1, 0.15) is 39.0 Å². The molecule has 0 aromatic rings. The zero-order valence-electron chi connectivity index (χ0n) is 12.4. The van der Waals surface area contributed by atoms with Crippen molar-refractivity contribution in [2.45, 2.75) is 45.1 Å². The van der Waals surface area contributed by atoms with Gasteiger partial charge in [0.1, 0.15) is 0 Å². The van der Waals surface area contributed by atoms with Gasteiger partial charge in [0.15, 0.2) is 0 Å². The molecule has 1 aliphatic carbocycles. The number of nitrogens with zero attached hydrogens (tertiary/aromatic N) is 1. The number of piperidine rings is 1. The summed E-state index contributed by atoms with van der Waals surface area (Å²) in [6, 6.07) is 0.262. The van der Waals surface area contributed by atoms with E-state index in [-0.39, 0.29) is 36.8 Å². The van der Waals surface area contributed by atoms with Crippen LogP contribution in [0.5, 0.6) is 0 Å². The number of rotatable bonds is 7. The fraction of sp³-hybridized carbons (Fsp3) is 0.929. The summed E-state index contributed by atoms with van der Waals surface area (Å²) < 4.78 is 0. The molecule has 0 bridgehead atoms. The monoisotopic (exact) mass is 325 g/mol. The largest absolute Gasteiger partial charge is 0.351 e. The summed E-state index contributed by atoms with van der Waals surface area (Å²) in [4.78, 5) is 14.2. The molecule has 2 rings (SSSR count). The summed E-state index contributed by atoms with van der Waals surface area (Å²) in [5.74, 6) is 0.976. The summed E-state index contributed by atoms with van der Waals surface area (Å²) >= 11 is 0. The Balaban J connectivity index is 0.00000180. The van der Waals surface area contributed by atoms with Crippen molar-refractivity contribution in [1.82, 2.24) is 15.5 Å². The van der Waals surface area contributed by atoms with Crippen LogP contribution in [-0.4, -0.2) is 49.6 Å². The topological polar surface area (TPSA) is 44.4 Å². The summed E-state index contributed by atoms with van der Waals surface area (Å²) in [5, 5.41) is 6.31. The lowest BCUT2D eigenvalue weighted by Gasteiger charge is -2.29. The van der Waals surface area contributed by atoms with Crippen molar-refractivity contribution < 1.29 is 4.79 Å². The Morgan fingerprint density at radius 3 is 2.45 bits per heavy atom. The van der Waals surface area contributed by atoms with Gasteiger partial charge in [-0.3, -0.25) is 4.79 Å². The zero-order valence-corrected chi connectivity index (χ0v) is 14.0. The number of hydrogen-bond donors (Lipinski definition) is 2. The lowest BCUT2D eigenvalue weighted by Crippen LogP contribution is -2.46. The van der Waals surface area contributed by atoms with E-state index in [9.17, 15) is 4.79 Å². The molecule has 1 saturated carbocycles. The van der Waals surface area contributed by atoms with E-state index in [0.717, 1.165) is 19.0 Å². The third-order valence-electron chi connectivity index (χ3n) is 3.80. The average molecular weight is 326 g/mol. The van der Waals surface area contributed by atoms with Crippen LogP contribution in [0.2, 0.25) is 0 Å². The number of hydrogen-bond acceptors (Lipinski definition) is 3. The van der Waals surface area contributed by atoms with Gasteiger partial charge in [-0.2, -0.15) is 0 Å². The van der Waals surface area contributed by atoms with E-state index in [4.69, 9.17) is 0 Å². The lowest BCUT2D eigenvalue weighted by molar-refractivity contribution is -0.121. The molecule has 1 unspecified atom stereocenters. The summed E-state index contributed by atoms with van der Waals surface area (Å²) in [5.41, 5.74) is 0. The SMILES string of the molecule is CC(CN1CCCCC1)NC(=O)CNCC1CC1.Cl.Cl. The Bertz CT molecular complexity index is 269. The number of carbonyl (C=O) groups excluding carboxylic acids is 1. The molecule has 1 aliphatic heterocycles. The van der Waals surface area contributed by atoms with Gasteiger partial charge in [0.25, 0.3) is 0 Å². The highest BCUT2D eigenvalue weighted by atomic mass is 35.5. The number of carbonyl (C=O) groups is 1. The van der Waals surface area contributed by atoms with Crippen LogP contribution in [0.3, 0.4) is 0 Å². The quantitative estimate of drug-likeness (QED) is 0.750. The van der Waals surface area contributed by atoms with Crippen LogP contribution in [0.4, 0.5) is 0 Å². The maximum Gasteiger partial charge on any atom is 0.234 e. The smallest absolute Gasteiger partial charge is 0.234 e. The zero-order chi connectivity index (χ0) is 12.8. The van der Waals surface area contributed by atoms with E-state index in [2.05, 4.69) is 22.5 Å². The molecule has 1 heterocycles. The predicted octanol–water partition coefficient (Wildman–Crippen LogP) is 1.82. The first-order valence-electron chi connectivity index (χ1n) is 7.46. The number of nitrogens with one attached hydrogen (secondary N) is 2. The summed E-state index contributed by atoms with van der Waals surface area (Å²) in [7, 11) is 0. The highest BCUT2D eigenvalue weighted by Gasteiger charge is 2.21. The third-order valence-corrected chi connectivity index (χ3v) is 3.80. The Hall–Kier alpha value is -0.0300. The minimum Gasteiger partial charge on any atom is -0.351 e. The first kappa shape index (κ1) is 20.0. The molecule has 0 radical (unpaired) electrons. The predicted molar refractivity (Wildman–Crippen MR) is 88.0 cm³/mol. The molecule has 1 amide bonds. The third kappa shape index (κ3) is 8.30. The second-order valence-electron chi connectivity index (χ2n) is 5.90. The Morgan fingerprint density at radius 1 is 1.20 bits per heavy atom. The minimum absolute atomic E-state index is 0. The van der Waals surface area contributed by atoms with Gasteiger partial charge in [0.2, 0.25) is 5.91 Å². The van der Waals surface area contributed by atoms with Crippen molar-refractivity contribution in [3.8, 4) is 0 Å². The van der Waals surface area contributed by atoms with Gasteiger partial charge in [-0.1, -0.05) is 6.42 Å². The van der Waals surface area contributed by atoms with Gasteiger partial charge in [-0.05, 0) is 58.2 Å². The van der Waals surface area contributed by atoms with Crippen LogP contribution in [0.15, 0.2) is 0 Å². The molecule has 1 saturated heterocycles.